The van der Waals surface area contributed by atoms with Crippen molar-refractivity contribution in [2.24, 2.45) is 5.73 Å². The number of likely N-dealkylation sites (N-methyl/N-ethyl adjacent to an activating group) is 1. The minimum absolute atomic E-state index is 0.0928. The summed E-state index contributed by atoms with van der Waals surface area (Å²) >= 11 is 0. The van der Waals surface area contributed by atoms with Gasteiger partial charge in [0.1, 0.15) is 0 Å². The van der Waals surface area contributed by atoms with E-state index in [0.717, 1.165) is 5.56 Å². The number of primary amides is 1. The molecule has 0 aromatic heterocycles. The molecule has 1 unspecified atom stereocenters. The molecule has 3 N–H and O–H groups in total. The highest BCUT2D eigenvalue weighted by molar-refractivity contribution is 5.84. The third-order valence-corrected chi connectivity index (χ3v) is 3.28. The molecule has 1 atom stereocenters. The third kappa shape index (κ3) is 4.42. The number of carbonyl (C=O) groups is 1. The van der Waals surface area contributed by atoms with E-state index in [1.54, 1.807) is 19.1 Å². The zero-order valence-corrected chi connectivity index (χ0v) is 12.5. The number of nitro benzene ring substituents is 1. The maximum Gasteiger partial charge on any atom is 0.310 e. The van der Waals surface area contributed by atoms with Crippen LogP contribution in [0.1, 0.15) is 25.8 Å². The molecule has 0 heterocycles. The van der Waals surface area contributed by atoms with E-state index in [2.05, 4.69) is 5.32 Å². The number of aryl methyl sites for hydroxylation is 1. The number of nitrogens with zero attached hydrogens (tertiary/aromatic N) is 1. The van der Waals surface area contributed by atoms with E-state index in [1.165, 1.54) is 6.07 Å². The molecule has 0 aliphatic carbocycles. The lowest BCUT2D eigenvalue weighted by Gasteiger charge is -2.26. The van der Waals surface area contributed by atoms with Crippen LogP contribution in [0, 0.1) is 17.0 Å². The predicted molar refractivity (Wildman–Crippen MR) is 79.2 cm³/mol. The first-order valence-electron chi connectivity index (χ1n) is 6.73. The molecule has 0 aliphatic heterocycles. The van der Waals surface area contributed by atoms with Crippen LogP contribution in [0.25, 0.3) is 0 Å². The molecule has 7 heteroatoms. The molecule has 7 nitrogen and oxygen atoms in total. The Morgan fingerprint density at radius 1 is 1.52 bits per heavy atom. The van der Waals surface area contributed by atoms with Gasteiger partial charge in [-0.15, -0.1) is 0 Å². The van der Waals surface area contributed by atoms with Crippen molar-refractivity contribution >= 4 is 11.6 Å². The molecular formula is C14H21N3O4. The standard InChI is InChI=1S/C14H21N3O4/c1-4-16-14(3,13(15)18)7-8-21-12-9-10(2)5-6-11(12)17(19)20/h5-6,9,16H,4,7-8H2,1-3H3,(H2,15,18). The summed E-state index contributed by atoms with van der Waals surface area (Å²) in [5.74, 6) is -0.282. The maximum atomic E-state index is 11.5. The summed E-state index contributed by atoms with van der Waals surface area (Å²) in [6.07, 6.45) is 0.321. The van der Waals surface area contributed by atoms with Crippen LogP contribution in [0.3, 0.4) is 0 Å². The quantitative estimate of drug-likeness (QED) is 0.558. The van der Waals surface area contributed by atoms with Gasteiger partial charge in [-0.25, -0.2) is 0 Å². The molecular weight excluding hydrogens is 274 g/mol. The summed E-state index contributed by atoms with van der Waals surface area (Å²) in [6.45, 7) is 6.11. The van der Waals surface area contributed by atoms with Crippen LogP contribution in [0.15, 0.2) is 18.2 Å². The molecule has 1 rings (SSSR count). The van der Waals surface area contributed by atoms with Crippen LogP contribution in [0.2, 0.25) is 0 Å². The van der Waals surface area contributed by atoms with Gasteiger partial charge in [-0.05, 0) is 32.0 Å². The molecule has 0 saturated heterocycles. The summed E-state index contributed by atoms with van der Waals surface area (Å²) in [5.41, 5.74) is 5.25. The van der Waals surface area contributed by atoms with Gasteiger partial charge in [0.05, 0.1) is 17.1 Å². The van der Waals surface area contributed by atoms with Crippen LogP contribution in [0.5, 0.6) is 5.75 Å². The number of nitrogens with two attached hydrogens (primary N) is 1. The van der Waals surface area contributed by atoms with Crippen LogP contribution >= 0.6 is 0 Å². The summed E-state index contributed by atoms with van der Waals surface area (Å²) in [5, 5.41) is 13.9. The molecule has 1 amide bonds. The first kappa shape index (κ1) is 16.9. The molecule has 1 aromatic rings. The van der Waals surface area contributed by atoms with Crippen molar-refractivity contribution in [1.29, 1.82) is 0 Å². The van der Waals surface area contributed by atoms with Gasteiger partial charge in [-0.2, -0.15) is 0 Å². The molecule has 0 saturated carbocycles. The predicted octanol–water partition coefficient (Wildman–Crippen LogP) is 1.53. The van der Waals surface area contributed by atoms with Crippen molar-refractivity contribution in [2.45, 2.75) is 32.7 Å². The lowest BCUT2D eigenvalue weighted by atomic mass is 9.97. The lowest BCUT2D eigenvalue weighted by molar-refractivity contribution is -0.385. The summed E-state index contributed by atoms with van der Waals surface area (Å²) in [4.78, 5) is 21.9. The van der Waals surface area contributed by atoms with E-state index in [-0.39, 0.29) is 18.0 Å². The van der Waals surface area contributed by atoms with E-state index >= 15 is 0 Å². The summed E-state index contributed by atoms with van der Waals surface area (Å²) < 4.78 is 5.48. The van der Waals surface area contributed by atoms with Gasteiger partial charge in [0.2, 0.25) is 5.91 Å². The number of carbonyl (C=O) groups excluding carboxylic acids is 1. The zero-order chi connectivity index (χ0) is 16.0. The number of hydrogen-bond acceptors (Lipinski definition) is 5. The van der Waals surface area contributed by atoms with Crippen molar-refractivity contribution in [1.82, 2.24) is 5.32 Å². The van der Waals surface area contributed by atoms with E-state index < -0.39 is 16.4 Å². The molecule has 0 fully saturated rings. The largest absolute Gasteiger partial charge is 0.487 e. The smallest absolute Gasteiger partial charge is 0.310 e. The third-order valence-electron chi connectivity index (χ3n) is 3.28. The number of rotatable bonds is 8. The Bertz CT molecular complexity index is 533. The van der Waals surface area contributed by atoms with E-state index in [0.29, 0.717) is 13.0 Å². The number of nitro groups is 1. The summed E-state index contributed by atoms with van der Waals surface area (Å²) in [6, 6.07) is 4.66. The maximum absolute atomic E-state index is 11.5. The fraction of sp³-hybridized carbons (Fsp3) is 0.500. The second-order valence-corrected chi connectivity index (χ2v) is 5.05. The molecule has 0 spiro atoms. The Balaban J connectivity index is 2.77. The second kappa shape index (κ2) is 7.03. The average molecular weight is 295 g/mol. The molecule has 1 aromatic carbocycles. The van der Waals surface area contributed by atoms with Crippen LogP contribution in [0.4, 0.5) is 5.69 Å². The first-order valence-corrected chi connectivity index (χ1v) is 6.73. The molecule has 116 valence electrons. The summed E-state index contributed by atoms with van der Waals surface area (Å²) in [7, 11) is 0. The first-order chi connectivity index (χ1) is 9.80. The van der Waals surface area contributed by atoms with E-state index in [9.17, 15) is 14.9 Å². The van der Waals surface area contributed by atoms with Crippen molar-refractivity contribution in [3.8, 4) is 5.75 Å². The van der Waals surface area contributed by atoms with E-state index in [4.69, 9.17) is 10.5 Å². The highest BCUT2D eigenvalue weighted by Crippen LogP contribution is 2.28. The number of hydrogen-bond donors (Lipinski definition) is 2. The zero-order valence-electron chi connectivity index (χ0n) is 12.5. The Hall–Kier alpha value is -2.15. The van der Waals surface area contributed by atoms with Crippen LogP contribution in [-0.4, -0.2) is 29.5 Å². The van der Waals surface area contributed by atoms with Crippen molar-refractivity contribution < 1.29 is 14.5 Å². The molecule has 0 radical (unpaired) electrons. The van der Waals surface area contributed by atoms with Gasteiger partial charge in [0.15, 0.2) is 5.75 Å². The number of benzene rings is 1. The Labute approximate surface area is 123 Å². The Kier molecular flexibility index (Phi) is 5.66. The van der Waals surface area contributed by atoms with Crippen molar-refractivity contribution in [2.75, 3.05) is 13.2 Å². The fourth-order valence-electron chi connectivity index (χ4n) is 1.94. The Morgan fingerprint density at radius 2 is 2.19 bits per heavy atom. The normalized spacial score (nSPS) is 13.5. The fourth-order valence-corrected chi connectivity index (χ4v) is 1.94. The second-order valence-electron chi connectivity index (χ2n) is 5.05. The van der Waals surface area contributed by atoms with Gasteiger partial charge in [0, 0.05) is 12.5 Å². The van der Waals surface area contributed by atoms with Crippen LogP contribution < -0.4 is 15.8 Å². The van der Waals surface area contributed by atoms with Gasteiger partial charge in [0.25, 0.3) is 0 Å². The van der Waals surface area contributed by atoms with Gasteiger partial charge < -0.3 is 15.8 Å². The van der Waals surface area contributed by atoms with E-state index in [1.807, 2.05) is 13.8 Å². The SMILES string of the molecule is CCNC(C)(CCOc1cc(C)ccc1[N+](=O)[O-])C(N)=O. The van der Waals surface area contributed by atoms with Gasteiger partial charge >= 0.3 is 5.69 Å². The average Bonchev–Trinajstić information content (AvgIpc) is 2.38. The molecule has 21 heavy (non-hydrogen) atoms. The Morgan fingerprint density at radius 3 is 2.71 bits per heavy atom. The lowest BCUT2D eigenvalue weighted by Crippen LogP contribution is -2.53. The number of amides is 1. The number of ether oxygens (including phenoxy) is 1. The minimum atomic E-state index is -0.895. The minimum Gasteiger partial charge on any atom is -0.487 e. The van der Waals surface area contributed by atoms with Crippen LogP contribution in [-0.2, 0) is 4.79 Å². The topological polar surface area (TPSA) is 107 Å². The highest BCUT2D eigenvalue weighted by atomic mass is 16.6. The monoisotopic (exact) mass is 295 g/mol. The molecule has 0 aliphatic rings. The van der Waals surface area contributed by atoms with Gasteiger partial charge in [-0.1, -0.05) is 13.0 Å². The van der Waals surface area contributed by atoms with Crippen molar-refractivity contribution in [3.05, 3.63) is 33.9 Å². The highest BCUT2D eigenvalue weighted by Gasteiger charge is 2.30. The molecule has 0 bridgehead atoms. The van der Waals surface area contributed by atoms with Gasteiger partial charge in [-0.3, -0.25) is 14.9 Å². The van der Waals surface area contributed by atoms with Crippen molar-refractivity contribution in [3.63, 3.8) is 0 Å². The number of nitrogens with one attached hydrogen (secondary N) is 1.